The maximum Gasteiger partial charge on any atom is 0.263 e. The van der Waals surface area contributed by atoms with Gasteiger partial charge in [0.15, 0.2) is 0 Å². The lowest BCUT2D eigenvalue weighted by molar-refractivity contribution is 0.0942. The highest BCUT2D eigenvalue weighted by Gasteiger charge is 2.21. The first-order chi connectivity index (χ1) is 9.91. The first kappa shape index (κ1) is 15.7. The van der Waals surface area contributed by atoms with Gasteiger partial charge in [0, 0.05) is 18.9 Å². The topological polar surface area (TPSA) is 80.9 Å². The summed E-state index contributed by atoms with van der Waals surface area (Å²) in [6.07, 6.45) is 3.19. The average Bonchev–Trinajstić information content (AvgIpc) is 2.76. The number of nitrogens with one attached hydrogen (secondary N) is 1. The lowest BCUT2D eigenvalue weighted by atomic mass is 9.85. The second-order valence-corrected chi connectivity index (χ2v) is 6.92. The number of rotatable bonds is 5. The number of hydrogen-bond acceptors (Lipinski definition) is 5. The summed E-state index contributed by atoms with van der Waals surface area (Å²) >= 11 is 1.29. The molecule has 2 heterocycles. The van der Waals surface area contributed by atoms with Gasteiger partial charge in [0.1, 0.15) is 15.2 Å². The zero-order chi connectivity index (χ0) is 15.6. The molecule has 0 aliphatic heterocycles. The second kappa shape index (κ2) is 6.39. The van der Waals surface area contributed by atoms with Crippen LogP contribution in [0.1, 0.15) is 37.4 Å². The molecule has 3 N–H and O–H groups in total. The Morgan fingerprint density at radius 1 is 1.24 bits per heavy atom. The van der Waals surface area contributed by atoms with E-state index in [1.54, 1.807) is 12.4 Å². The predicted octanol–water partition coefficient (Wildman–Crippen LogP) is 2.93. The van der Waals surface area contributed by atoms with Crippen molar-refractivity contribution in [2.45, 2.75) is 27.7 Å². The summed E-state index contributed by atoms with van der Waals surface area (Å²) < 4.78 is 0. The smallest absolute Gasteiger partial charge is 0.263 e. The summed E-state index contributed by atoms with van der Waals surface area (Å²) in [6.45, 7) is 9.37. The Kier molecular flexibility index (Phi) is 4.77. The van der Waals surface area contributed by atoms with Gasteiger partial charge in [-0.05, 0) is 17.8 Å². The Morgan fingerprint density at radius 3 is 2.43 bits per heavy atom. The summed E-state index contributed by atoms with van der Waals surface area (Å²) in [5, 5.41) is 3.00. The molecule has 0 saturated carbocycles. The SMILES string of the molecule is CC(C)C(CNC(=O)c1sc2nccnc2c1N)C(C)C. The zero-order valence-corrected chi connectivity index (χ0v) is 13.7. The van der Waals surface area contributed by atoms with Crippen LogP contribution in [-0.2, 0) is 0 Å². The number of carbonyl (C=O) groups is 1. The van der Waals surface area contributed by atoms with E-state index in [1.807, 2.05) is 0 Å². The third-order valence-electron chi connectivity index (χ3n) is 3.78. The third-order valence-corrected chi connectivity index (χ3v) is 4.88. The summed E-state index contributed by atoms with van der Waals surface area (Å²) in [7, 11) is 0. The summed E-state index contributed by atoms with van der Waals surface area (Å²) in [5.74, 6) is 1.35. The molecule has 0 radical (unpaired) electrons. The monoisotopic (exact) mass is 306 g/mol. The predicted molar refractivity (Wildman–Crippen MR) is 87.3 cm³/mol. The summed E-state index contributed by atoms with van der Waals surface area (Å²) in [6, 6.07) is 0. The molecule has 6 heteroatoms. The number of hydrogen-bond donors (Lipinski definition) is 2. The number of nitrogens with zero attached hydrogens (tertiary/aromatic N) is 2. The van der Waals surface area contributed by atoms with Crippen LogP contribution in [0.2, 0.25) is 0 Å². The molecule has 5 nitrogen and oxygen atoms in total. The van der Waals surface area contributed by atoms with Crippen LogP contribution in [-0.4, -0.2) is 22.4 Å². The normalized spacial score (nSPS) is 11.8. The molecular formula is C15H22N4OS. The molecule has 2 aromatic rings. The molecule has 2 rings (SSSR count). The molecule has 1 amide bonds. The Balaban J connectivity index is 2.14. The molecule has 0 unspecified atom stereocenters. The number of carbonyl (C=O) groups excluding carboxylic acids is 1. The highest BCUT2D eigenvalue weighted by Crippen LogP contribution is 2.30. The summed E-state index contributed by atoms with van der Waals surface area (Å²) in [4.78, 5) is 21.9. The van der Waals surface area contributed by atoms with Gasteiger partial charge in [-0.1, -0.05) is 27.7 Å². The maximum atomic E-state index is 12.3. The van der Waals surface area contributed by atoms with E-state index in [4.69, 9.17) is 5.73 Å². The van der Waals surface area contributed by atoms with Gasteiger partial charge in [-0.25, -0.2) is 9.97 Å². The number of aromatic nitrogens is 2. The van der Waals surface area contributed by atoms with Crippen LogP contribution in [0.4, 0.5) is 5.69 Å². The van der Waals surface area contributed by atoms with Gasteiger partial charge in [0.25, 0.3) is 5.91 Å². The minimum absolute atomic E-state index is 0.136. The standard InChI is InChI=1S/C15H22N4OS/c1-8(2)10(9(3)4)7-19-14(20)13-11(16)12-15(21-13)18-6-5-17-12/h5-6,8-10H,7,16H2,1-4H3,(H,19,20). The fourth-order valence-corrected chi connectivity index (χ4v) is 3.48. The van der Waals surface area contributed by atoms with Gasteiger partial charge in [-0.3, -0.25) is 4.79 Å². The lowest BCUT2D eigenvalue weighted by Gasteiger charge is -2.24. The highest BCUT2D eigenvalue weighted by molar-refractivity contribution is 7.21. The minimum Gasteiger partial charge on any atom is -0.396 e. The second-order valence-electron chi connectivity index (χ2n) is 5.92. The van der Waals surface area contributed by atoms with Crippen LogP contribution in [0.25, 0.3) is 10.3 Å². The number of anilines is 1. The van der Waals surface area contributed by atoms with E-state index >= 15 is 0 Å². The van der Waals surface area contributed by atoms with Gasteiger partial charge >= 0.3 is 0 Å². The van der Waals surface area contributed by atoms with Gasteiger partial charge < -0.3 is 11.1 Å². The number of thiophene rings is 1. The van der Waals surface area contributed by atoms with E-state index in [0.29, 0.717) is 45.2 Å². The van der Waals surface area contributed by atoms with Gasteiger partial charge in [-0.2, -0.15) is 0 Å². The van der Waals surface area contributed by atoms with Gasteiger partial charge in [-0.15, -0.1) is 11.3 Å². The summed E-state index contributed by atoms with van der Waals surface area (Å²) in [5.41, 5.74) is 7.04. The first-order valence-corrected chi connectivity index (χ1v) is 8.00. The Hall–Kier alpha value is -1.69. The van der Waals surface area contributed by atoms with Crippen LogP contribution in [0.3, 0.4) is 0 Å². The van der Waals surface area contributed by atoms with Crippen LogP contribution in [0.15, 0.2) is 12.4 Å². The van der Waals surface area contributed by atoms with Crippen molar-refractivity contribution in [3.8, 4) is 0 Å². The van der Waals surface area contributed by atoms with Gasteiger partial charge in [0.2, 0.25) is 0 Å². The van der Waals surface area contributed by atoms with Crippen LogP contribution < -0.4 is 11.1 Å². The quantitative estimate of drug-likeness (QED) is 0.890. The van der Waals surface area contributed by atoms with Crippen molar-refractivity contribution in [1.29, 1.82) is 0 Å². The molecule has 2 aromatic heterocycles. The molecule has 21 heavy (non-hydrogen) atoms. The van der Waals surface area contributed by atoms with Gasteiger partial charge in [0.05, 0.1) is 5.69 Å². The van der Waals surface area contributed by atoms with E-state index in [9.17, 15) is 4.79 Å². The Bertz CT molecular complexity index is 628. The van der Waals surface area contributed by atoms with Crippen LogP contribution >= 0.6 is 11.3 Å². The third kappa shape index (κ3) is 3.32. The fraction of sp³-hybridized carbons (Fsp3) is 0.533. The molecule has 0 aromatic carbocycles. The average molecular weight is 306 g/mol. The molecule has 0 saturated heterocycles. The zero-order valence-electron chi connectivity index (χ0n) is 12.9. The van der Waals surface area contributed by atoms with Crippen molar-refractivity contribution in [2.24, 2.45) is 17.8 Å². The number of nitrogens with two attached hydrogens (primary N) is 1. The van der Waals surface area contributed by atoms with Crippen molar-refractivity contribution in [2.75, 3.05) is 12.3 Å². The molecule has 0 fully saturated rings. The first-order valence-electron chi connectivity index (χ1n) is 7.19. The Morgan fingerprint density at radius 2 is 1.86 bits per heavy atom. The number of nitrogen functional groups attached to an aromatic ring is 1. The van der Waals surface area contributed by atoms with E-state index in [-0.39, 0.29) is 5.91 Å². The molecule has 0 bridgehead atoms. The number of fused-ring (bicyclic) bond motifs is 1. The van der Waals surface area contributed by atoms with E-state index in [1.165, 1.54) is 11.3 Å². The van der Waals surface area contributed by atoms with Crippen LogP contribution in [0, 0.1) is 17.8 Å². The molecular weight excluding hydrogens is 284 g/mol. The number of amides is 1. The van der Waals surface area contributed by atoms with Crippen molar-refractivity contribution in [1.82, 2.24) is 15.3 Å². The van der Waals surface area contributed by atoms with E-state index < -0.39 is 0 Å². The minimum atomic E-state index is -0.136. The lowest BCUT2D eigenvalue weighted by Crippen LogP contribution is -2.33. The van der Waals surface area contributed by atoms with Crippen molar-refractivity contribution in [3.05, 3.63) is 17.3 Å². The molecule has 0 aliphatic rings. The van der Waals surface area contributed by atoms with Crippen molar-refractivity contribution < 1.29 is 4.79 Å². The fourth-order valence-electron chi connectivity index (χ4n) is 2.54. The molecule has 0 aliphatic carbocycles. The van der Waals surface area contributed by atoms with Crippen molar-refractivity contribution in [3.63, 3.8) is 0 Å². The molecule has 114 valence electrons. The van der Waals surface area contributed by atoms with E-state index in [2.05, 4.69) is 43.0 Å². The van der Waals surface area contributed by atoms with Crippen molar-refractivity contribution >= 4 is 33.3 Å². The molecule has 0 spiro atoms. The maximum absolute atomic E-state index is 12.3. The largest absolute Gasteiger partial charge is 0.396 e. The Labute approximate surface area is 129 Å². The van der Waals surface area contributed by atoms with E-state index in [0.717, 1.165) is 0 Å². The molecule has 0 atom stereocenters. The van der Waals surface area contributed by atoms with Crippen LogP contribution in [0.5, 0.6) is 0 Å². The highest BCUT2D eigenvalue weighted by atomic mass is 32.1.